The molecule has 0 aliphatic heterocycles. The number of hydrogen-bond acceptors (Lipinski definition) is 3. The maximum absolute atomic E-state index is 5.11. The number of nitrogens with zero attached hydrogens (tertiary/aromatic N) is 1. The second kappa shape index (κ2) is 10.8. The van der Waals surface area contributed by atoms with Crippen molar-refractivity contribution in [2.24, 2.45) is 0 Å². The fourth-order valence-electron chi connectivity index (χ4n) is 2.11. The van der Waals surface area contributed by atoms with E-state index in [0.717, 1.165) is 39.1 Å². The smallest absolute Gasteiger partial charge is 0.0462 e. The Morgan fingerprint density at radius 3 is 1.79 bits per heavy atom. The second-order valence-corrected chi connectivity index (χ2v) is 4.72. The molecule has 0 aliphatic rings. The summed E-state index contributed by atoms with van der Waals surface area (Å²) >= 11 is 0. The Morgan fingerprint density at radius 1 is 0.789 bits per heavy atom. The molecule has 0 fully saturated rings. The van der Waals surface area contributed by atoms with Gasteiger partial charge in [0.2, 0.25) is 0 Å². The summed E-state index contributed by atoms with van der Waals surface area (Å²) in [5.74, 6) is 0. The zero-order chi connectivity index (χ0) is 13.8. The van der Waals surface area contributed by atoms with Gasteiger partial charge < -0.3 is 14.4 Å². The number of anilines is 1. The van der Waals surface area contributed by atoms with Crippen LogP contribution >= 0.6 is 0 Å². The number of para-hydroxylation sites is 1. The molecule has 0 atom stereocenters. The topological polar surface area (TPSA) is 21.7 Å². The fourth-order valence-corrected chi connectivity index (χ4v) is 2.11. The van der Waals surface area contributed by atoms with Crippen molar-refractivity contribution in [3.63, 3.8) is 0 Å². The van der Waals surface area contributed by atoms with E-state index < -0.39 is 0 Å². The van der Waals surface area contributed by atoms with Gasteiger partial charge in [0.15, 0.2) is 0 Å². The summed E-state index contributed by atoms with van der Waals surface area (Å²) < 4.78 is 10.2. The minimum atomic E-state index is 0.853. The first-order chi connectivity index (χ1) is 9.38. The van der Waals surface area contributed by atoms with E-state index in [9.17, 15) is 0 Å². The van der Waals surface area contributed by atoms with Crippen LogP contribution < -0.4 is 4.90 Å². The van der Waals surface area contributed by atoms with Crippen molar-refractivity contribution < 1.29 is 9.47 Å². The monoisotopic (exact) mass is 265 g/mol. The third-order valence-corrected chi connectivity index (χ3v) is 3.17. The van der Waals surface area contributed by atoms with Crippen LogP contribution in [0.3, 0.4) is 0 Å². The lowest BCUT2D eigenvalue weighted by Crippen LogP contribution is -2.26. The van der Waals surface area contributed by atoms with Crippen LogP contribution in [0, 0.1) is 0 Å². The first-order valence-corrected chi connectivity index (χ1v) is 7.16. The Kier molecular flexibility index (Phi) is 9.11. The zero-order valence-corrected chi connectivity index (χ0v) is 12.3. The molecule has 0 unspecified atom stereocenters. The average Bonchev–Trinajstić information content (AvgIpc) is 2.46. The number of benzene rings is 1. The SMILES string of the molecule is COCCCCN(CCCCOC)c1ccccc1. The van der Waals surface area contributed by atoms with E-state index in [-0.39, 0.29) is 0 Å². The predicted octanol–water partition coefficient (Wildman–Crippen LogP) is 3.35. The van der Waals surface area contributed by atoms with Crippen molar-refractivity contribution in [2.75, 3.05) is 45.4 Å². The highest BCUT2D eigenvalue weighted by atomic mass is 16.5. The average molecular weight is 265 g/mol. The molecule has 0 saturated carbocycles. The van der Waals surface area contributed by atoms with E-state index >= 15 is 0 Å². The summed E-state index contributed by atoms with van der Waals surface area (Å²) in [5, 5.41) is 0. The Labute approximate surface area is 117 Å². The summed E-state index contributed by atoms with van der Waals surface area (Å²) in [4.78, 5) is 2.46. The van der Waals surface area contributed by atoms with Gasteiger partial charge in [0, 0.05) is 46.2 Å². The first-order valence-electron chi connectivity index (χ1n) is 7.16. The Hall–Kier alpha value is -1.06. The summed E-state index contributed by atoms with van der Waals surface area (Å²) in [6, 6.07) is 10.6. The molecule has 108 valence electrons. The van der Waals surface area contributed by atoms with Crippen molar-refractivity contribution in [1.82, 2.24) is 0 Å². The van der Waals surface area contributed by atoms with E-state index in [4.69, 9.17) is 9.47 Å². The quantitative estimate of drug-likeness (QED) is 0.573. The van der Waals surface area contributed by atoms with E-state index in [1.165, 1.54) is 18.5 Å². The molecule has 0 heterocycles. The Morgan fingerprint density at radius 2 is 1.32 bits per heavy atom. The lowest BCUT2D eigenvalue weighted by Gasteiger charge is -2.25. The van der Waals surface area contributed by atoms with Crippen LogP contribution in [0.5, 0.6) is 0 Å². The van der Waals surface area contributed by atoms with Gasteiger partial charge in [-0.2, -0.15) is 0 Å². The van der Waals surface area contributed by atoms with E-state index in [1.54, 1.807) is 14.2 Å². The number of methoxy groups -OCH3 is 2. The molecule has 0 N–H and O–H groups in total. The Balaban J connectivity index is 2.39. The second-order valence-electron chi connectivity index (χ2n) is 4.72. The molecule has 0 amide bonds. The standard InChI is InChI=1S/C16H27NO2/c1-18-14-8-6-12-17(13-7-9-15-19-2)16-10-4-3-5-11-16/h3-5,10-11H,6-9,12-15H2,1-2H3. The van der Waals surface area contributed by atoms with Gasteiger partial charge in [-0.1, -0.05) is 18.2 Å². The van der Waals surface area contributed by atoms with Crippen molar-refractivity contribution in [1.29, 1.82) is 0 Å². The highest BCUT2D eigenvalue weighted by Gasteiger charge is 2.05. The van der Waals surface area contributed by atoms with Crippen LogP contribution in [0.25, 0.3) is 0 Å². The van der Waals surface area contributed by atoms with Crippen LogP contribution in [0.2, 0.25) is 0 Å². The molecular weight excluding hydrogens is 238 g/mol. The molecule has 0 saturated heterocycles. The third kappa shape index (κ3) is 7.19. The summed E-state index contributed by atoms with van der Waals surface area (Å²) in [6.07, 6.45) is 4.59. The van der Waals surface area contributed by atoms with Crippen molar-refractivity contribution in [2.45, 2.75) is 25.7 Å². The van der Waals surface area contributed by atoms with Gasteiger partial charge in [0.25, 0.3) is 0 Å². The largest absolute Gasteiger partial charge is 0.385 e. The van der Waals surface area contributed by atoms with E-state index in [1.807, 2.05) is 0 Å². The highest BCUT2D eigenvalue weighted by Crippen LogP contribution is 2.15. The molecule has 3 heteroatoms. The predicted molar refractivity (Wildman–Crippen MR) is 80.9 cm³/mol. The fraction of sp³-hybridized carbons (Fsp3) is 0.625. The molecule has 19 heavy (non-hydrogen) atoms. The van der Waals surface area contributed by atoms with Crippen molar-refractivity contribution in [3.8, 4) is 0 Å². The zero-order valence-electron chi connectivity index (χ0n) is 12.3. The maximum atomic E-state index is 5.11. The van der Waals surface area contributed by atoms with Crippen molar-refractivity contribution >= 4 is 5.69 Å². The third-order valence-electron chi connectivity index (χ3n) is 3.17. The van der Waals surface area contributed by atoms with Crippen LogP contribution in [-0.4, -0.2) is 40.5 Å². The molecule has 1 aromatic carbocycles. The minimum absolute atomic E-state index is 0.853. The van der Waals surface area contributed by atoms with Gasteiger partial charge in [0.05, 0.1) is 0 Å². The maximum Gasteiger partial charge on any atom is 0.0462 e. The lowest BCUT2D eigenvalue weighted by molar-refractivity contribution is 0.191. The number of unbranched alkanes of at least 4 members (excludes halogenated alkanes) is 2. The summed E-state index contributed by atoms with van der Waals surface area (Å²) in [5.41, 5.74) is 1.32. The molecule has 1 aromatic rings. The molecule has 0 bridgehead atoms. The van der Waals surface area contributed by atoms with Crippen LogP contribution in [0.15, 0.2) is 30.3 Å². The summed E-state index contributed by atoms with van der Waals surface area (Å²) in [6.45, 7) is 3.90. The molecule has 0 aliphatic carbocycles. The minimum Gasteiger partial charge on any atom is -0.385 e. The van der Waals surface area contributed by atoms with Crippen LogP contribution in [0.1, 0.15) is 25.7 Å². The van der Waals surface area contributed by atoms with Crippen LogP contribution in [-0.2, 0) is 9.47 Å². The Bertz CT molecular complexity index is 291. The molecule has 1 rings (SSSR count). The van der Waals surface area contributed by atoms with E-state index in [2.05, 4.69) is 35.2 Å². The van der Waals surface area contributed by atoms with E-state index in [0.29, 0.717) is 0 Å². The molecule has 0 aromatic heterocycles. The van der Waals surface area contributed by atoms with Gasteiger partial charge in [-0.15, -0.1) is 0 Å². The van der Waals surface area contributed by atoms with Crippen molar-refractivity contribution in [3.05, 3.63) is 30.3 Å². The van der Waals surface area contributed by atoms with Gasteiger partial charge in [0.1, 0.15) is 0 Å². The molecular formula is C16H27NO2. The highest BCUT2D eigenvalue weighted by molar-refractivity contribution is 5.45. The molecule has 0 radical (unpaired) electrons. The first kappa shape index (κ1) is 16.0. The van der Waals surface area contributed by atoms with Crippen LogP contribution in [0.4, 0.5) is 5.69 Å². The van der Waals surface area contributed by atoms with Gasteiger partial charge in [-0.3, -0.25) is 0 Å². The molecule has 0 spiro atoms. The summed E-state index contributed by atoms with van der Waals surface area (Å²) in [7, 11) is 3.53. The number of ether oxygens (including phenoxy) is 2. The van der Waals surface area contributed by atoms with Gasteiger partial charge in [-0.05, 0) is 37.8 Å². The number of rotatable bonds is 11. The lowest BCUT2D eigenvalue weighted by atomic mass is 10.2. The van der Waals surface area contributed by atoms with Gasteiger partial charge in [-0.25, -0.2) is 0 Å². The number of hydrogen-bond donors (Lipinski definition) is 0. The molecule has 3 nitrogen and oxygen atoms in total. The van der Waals surface area contributed by atoms with Gasteiger partial charge >= 0.3 is 0 Å². The normalized spacial score (nSPS) is 10.6.